The van der Waals surface area contributed by atoms with Gasteiger partial charge in [0, 0.05) is 13.6 Å². The Morgan fingerprint density at radius 2 is 2.00 bits per heavy atom. The summed E-state index contributed by atoms with van der Waals surface area (Å²) in [6.45, 7) is 4.69. The van der Waals surface area contributed by atoms with Crippen molar-refractivity contribution < 1.29 is 13.2 Å². The molecule has 0 aromatic carbocycles. The standard InChI is InChI=1S/C10H23N3O3S/c1-9(2)7-12-10(14)8-13(3)17(15,16)6-4-5-11/h9H,4-8,11H2,1-3H3,(H,12,14). The molecule has 6 nitrogen and oxygen atoms in total. The van der Waals surface area contributed by atoms with Crippen LogP contribution < -0.4 is 11.1 Å². The summed E-state index contributed by atoms with van der Waals surface area (Å²) in [6.07, 6.45) is 0.403. The van der Waals surface area contributed by atoms with Crippen LogP contribution in [0.2, 0.25) is 0 Å². The summed E-state index contributed by atoms with van der Waals surface area (Å²) in [4.78, 5) is 11.4. The maximum Gasteiger partial charge on any atom is 0.235 e. The highest BCUT2D eigenvalue weighted by Gasteiger charge is 2.19. The van der Waals surface area contributed by atoms with E-state index in [0.717, 1.165) is 4.31 Å². The van der Waals surface area contributed by atoms with Crippen LogP contribution in [0.15, 0.2) is 0 Å². The van der Waals surface area contributed by atoms with Crippen molar-refractivity contribution in [1.29, 1.82) is 0 Å². The fraction of sp³-hybridized carbons (Fsp3) is 0.900. The molecule has 7 heteroatoms. The molecule has 0 saturated heterocycles. The van der Waals surface area contributed by atoms with Gasteiger partial charge in [0.25, 0.3) is 0 Å². The van der Waals surface area contributed by atoms with Crippen molar-refractivity contribution in [3.05, 3.63) is 0 Å². The van der Waals surface area contributed by atoms with E-state index in [1.165, 1.54) is 7.05 Å². The van der Waals surface area contributed by atoms with Gasteiger partial charge in [-0.25, -0.2) is 8.42 Å². The van der Waals surface area contributed by atoms with Crippen molar-refractivity contribution in [3.63, 3.8) is 0 Å². The van der Waals surface area contributed by atoms with E-state index >= 15 is 0 Å². The van der Waals surface area contributed by atoms with Gasteiger partial charge in [-0.1, -0.05) is 13.8 Å². The lowest BCUT2D eigenvalue weighted by atomic mass is 10.2. The highest BCUT2D eigenvalue weighted by atomic mass is 32.2. The number of nitrogens with one attached hydrogen (secondary N) is 1. The number of nitrogens with two attached hydrogens (primary N) is 1. The van der Waals surface area contributed by atoms with Gasteiger partial charge in [0.1, 0.15) is 0 Å². The molecule has 0 heterocycles. The van der Waals surface area contributed by atoms with E-state index in [1.807, 2.05) is 13.8 Å². The Bertz CT molecular complexity index is 328. The molecule has 0 fully saturated rings. The van der Waals surface area contributed by atoms with E-state index in [-0.39, 0.29) is 18.2 Å². The summed E-state index contributed by atoms with van der Waals surface area (Å²) in [5.41, 5.74) is 5.26. The Morgan fingerprint density at radius 3 is 2.47 bits per heavy atom. The molecular weight excluding hydrogens is 242 g/mol. The van der Waals surface area contributed by atoms with Crippen LogP contribution in [0, 0.1) is 5.92 Å². The van der Waals surface area contributed by atoms with Gasteiger partial charge in [-0.15, -0.1) is 0 Å². The van der Waals surface area contributed by atoms with E-state index in [4.69, 9.17) is 5.73 Å². The van der Waals surface area contributed by atoms with Crippen molar-refractivity contribution in [2.45, 2.75) is 20.3 Å². The van der Waals surface area contributed by atoms with Crippen molar-refractivity contribution in [2.75, 3.05) is 32.4 Å². The number of carbonyl (C=O) groups excluding carboxylic acids is 1. The Hall–Kier alpha value is -0.660. The molecule has 17 heavy (non-hydrogen) atoms. The molecular formula is C10H23N3O3S. The minimum atomic E-state index is -3.36. The second-order valence-corrected chi connectivity index (χ2v) is 6.61. The number of sulfonamides is 1. The first-order chi connectivity index (χ1) is 7.79. The third-order valence-electron chi connectivity index (χ3n) is 2.16. The first-order valence-corrected chi connectivity index (χ1v) is 7.31. The van der Waals surface area contributed by atoms with Crippen LogP contribution in [0.1, 0.15) is 20.3 Å². The second-order valence-electron chi connectivity index (χ2n) is 4.41. The lowest BCUT2D eigenvalue weighted by Crippen LogP contribution is -2.40. The van der Waals surface area contributed by atoms with Gasteiger partial charge in [-0.3, -0.25) is 4.79 Å². The quantitative estimate of drug-likeness (QED) is 0.611. The molecule has 0 aliphatic rings. The maximum atomic E-state index is 11.7. The zero-order valence-corrected chi connectivity index (χ0v) is 11.6. The van der Waals surface area contributed by atoms with Gasteiger partial charge >= 0.3 is 0 Å². The molecule has 1 amide bonds. The lowest BCUT2D eigenvalue weighted by Gasteiger charge is -2.17. The van der Waals surface area contributed by atoms with Crippen LogP contribution in [-0.4, -0.2) is 51.1 Å². The molecule has 0 rings (SSSR count). The highest BCUT2D eigenvalue weighted by molar-refractivity contribution is 7.89. The van der Waals surface area contributed by atoms with Crippen LogP contribution in [-0.2, 0) is 14.8 Å². The van der Waals surface area contributed by atoms with E-state index in [0.29, 0.717) is 25.4 Å². The zero-order chi connectivity index (χ0) is 13.5. The number of rotatable bonds is 8. The summed E-state index contributed by atoms with van der Waals surface area (Å²) in [5, 5.41) is 2.67. The van der Waals surface area contributed by atoms with Gasteiger partial charge in [-0.05, 0) is 18.9 Å². The van der Waals surface area contributed by atoms with E-state index in [2.05, 4.69) is 5.32 Å². The Labute approximate surface area is 104 Å². The first-order valence-electron chi connectivity index (χ1n) is 5.70. The van der Waals surface area contributed by atoms with Crippen LogP contribution in [0.3, 0.4) is 0 Å². The Morgan fingerprint density at radius 1 is 1.41 bits per heavy atom. The Balaban J connectivity index is 4.15. The number of nitrogens with zero attached hydrogens (tertiary/aromatic N) is 1. The second kappa shape index (κ2) is 7.62. The predicted octanol–water partition coefficient (Wildman–Crippen LogP) is -0.631. The molecule has 0 atom stereocenters. The molecule has 0 radical (unpaired) electrons. The van der Waals surface area contributed by atoms with Crippen LogP contribution in [0.25, 0.3) is 0 Å². The van der Waals surface area contributed by atoms with Gasteiger partial charge in [-0.2, -0.15) is 4.31 Å². The fourth-order valence-corrected chi connectivity index (χ4v) is 2.25. The number of carbonyl (C=O) groups is 1. The molecule has 0 aromatic rings. The topological polar surface area (TPSA) is 92.5 Å². The molecule has 0 aliphatic carbocycles. The average Bonchev–Trinajstić information content (AvgIpc) is 2.23. The first kappa shape index (κ1) is 16.3. The van der Waals surface area contributed by atoms with Crippen molar-refractivity contribution in [3.8, 4) is 0 Å². The molecule has 0 aliphatic heterocycles. The van der Waals surface area contributed by atoms with Gasteiger partial charge in [0.2, 0.25) is 15.9 Å². The monoisotopic (exact) mass is 265 g/mol. The van der Waals surface area contributed by atoms with Crippen molar-refractivity contribution in [2.24, 2.45) is 11.7 Å². The van der Waals surface area contributed by atoms with Crippen molar-refractivity contribution in [1.82, 2.24) is 9.62 Å². The van der Waals surface area contributed by atoms with E-state index < -0.39 is 10.0 Å². The van der Waals surface area contributed by atoms with Gasteiger partial charge < -0.3 is 11.1 Å². The fourth-order valence-electron chi connectivity index (χ4n) is 1.10. The normalized spacial score (nSPS) is 12.1. The van der Waals surface area contributed by atoms with Crippen molar-refractivity contribution >= 4 is 15.9 Å². The highest BCUT2D eigenvalue weighted by Crippen LogP contribution is 1.99. The van der Waals surface area contributed by atoms with Crippen LogP contribution >= 0.6 is 0 Å². The third kappa shape index (κ3) is 7.30. The molecule has 0 bridgehead atoms. The molecule has 0 unspecified atom stereocenters. The predicted molar refractivity (Wildman–Crippen MR) is 67.9 cm³/mol. The van der Waals surface area contributed by atoms with Gasteiger partial charge in [0.15, 0.2) is 0 Å². The smallest absolute Gasteiger partial charge is 0.235 e. The summed E-state index contributed by atoms with van der Waals surface area (Å²) in [6, 6.07) is 0. The molecule has 102 valence electrons. The maximum absolute atomic E-state index is 11.7. The van der Waals surface area contributed by atoms with E-state index in [1.54, 1.807) is 0 Å². The third-order valence-corrected chi connectivity index (χ3v) is 4.04. The average molecular weight is 265 g/mol. The zero-order valence-electron chi connectivity index (χ0n) is 10.8. The molecule has 0 aromatic heterocycles. The number of hydrogen-bond donors (Lipinski definition) is 2. The van der Waals surface area contributed by atoms with Crippen LogP contribution in [0.5, 0.6) is 0 Å². The molecule has 0 spiro atoms. The minimum absolute atomic E-state index is 0.0164. The molecule has 0 saturated carbocycles. The largest absolute Gasteiger partial charge is 0.355 e. The molecule has 3 N–H and O–H groups in total. The lowest BCUT2D eigenvalue weighted by molar-refractivity contribution is -0.121. The van der Waals surface area contributed by atoms with E-state index in [9.17, 15) is 13.2 Å². The van der Waals surface area contributed by atoms with Gasteiger partial charge in [0.05, 0.1) is 12.3 Å². The summed E-state index contributed by atoms with van der Waals surface area (Å²) in [7, 11) is -1.96. The van der Waals surface area contributed by atoms with Crippen LogP contribution in [0.4, 0.5) is 0 Å². The summed E-state index contributed by atoms with van der Waals surface area (Å²) in [5.74, 6) is 0.0490. The minimum Gasteiger partial charge on any atom is -0.355 e. The number of likely N-dealkylation sites (N-methyl/N-ethyl adjacent to an activating group) is 1. The summed E-state index contributed by atoms with van der Waals surface area (Å²) < 4.78 is 24.4. The summed E-state index contributed by atoms with van der Waals surface area (Å²) >= 11 is 0. The Kier molecular flexibility index (Phi) is 7.33. The number of hydrogen-bond acceptors (Lipinski definition) is 4. The SMILES string of the molecule is CC(C)CNC(=O)CN(C)S(=O)(=O)CCCN. The number of amides is 1.